The maximum absolute atomic E-state index is 11.3. The molecule has 2 N–H and O–H groups in total. The van der Waals surface area contributed by atoms with Crippen LogP contribution in [0.25, 0.3) is 10.8 Å². The van der Waals surface area contributed by atoms with E-state index in [0.717, 1.165) is 72.6 Å². The van der Waals surface area contributed by atoms with Crippen molar-refractivity contribution in [2.24, 2.45) is 9.98 Å². The summed E-state index contributed by atoms with van der Waals surface area (Å²) in [7, 11) is 0. The maximum atomic E-state index is 11.3. The summed E-state index contributed by atoms with van der Waals surface area (Å²) in [5.74, 6) is -0.329. The molecule has 4 aromatic carbocycles. The molecule has 0 saturated heterocycles. The van der Waals surface area contributed by atoms with Gasteiger partial charge in [0.25, 0.3) is 0 Å². The fourth-order valence-corrected chi connectivity index (χ4v) is 5.54. The average Bonchev–Trinajstić information content (AvgIpc) is 3.11. The first-order chi connectivity index (χ1) is 24.6. The van der Waals surface area contributed by atoms with Crippen molar-refractivity contribution < 1.29 is 46.8 Å². The van der Waals surface area contributed by atoms with Gasteiger partial charge in [0.05, 0.1) is 11.4 Å². The van der Waals surface area contributed by atoms with Crippen molar-refractivity contribution in [2.45, 2.75) is 119 Å². The second kappa shape index (κ2) is 22.6. The molecule has 9 heteroatoms. The van der Waals surface area contributed by atoms with Gasteiger partial charge >= 0.3 is 16.8 Å². The van der Waals surface area contributed by atoms with Crippen molar-refractivity contribution in [1.29, 1.82) is 0 Å². The Balaban J connectivity index is 0.00000142. The summed E-state index contributed by atoms with van der Waals surface area (Å²) in [4.78, 5) is 27.6. The van der Waals surface area contributed by atoms with E-state index in [1.54, 1.807) is 12.4 Å². The zero-order chi connectivity index (χ0) is 39.1. The summed E-state index contributed by atoms with van der Waals surface area (Å²) < 4.78 is 0. The van der Waals surface area contributed by atoms with Crippen LogP contribution in [0.5, 0.6) is 11.5 Å². The minimum atomic E-state index is -1.08. The third kappa shape index (κ3) is 13.8. The number of carboxylic acids is 2. The second-order valence-corrected chi connectivity index (χ2v) is 13.5. The van der Waals surface area contributed by atoms with E-state index in [1.807, 2.05) is 24.3 Å². The normalized spacial score (nSPS) is 13.2. The van der Waals surface area contributed by atoms with Crippen LogP contribution in [-0.2, 0) is 26.4 Å². The van der Waals surface area contributed by atoms with E-state index in [2.05, 4.69) is 91.8 Å². The number of carbonyl (C=O) groups excluding carboxylic acids is 2. The summed E-state index contributed by atoms with van der Waals surface area (Å²) in [5.41, 5.74) is 7.22. The van der Waals surface area contributed by atoms with Gasteiger partial charge < -0.3 is 30.0 Å². The van der Waals surface area contributed by atoms with Crippen LogP contribution in [0.2, 0.25) is 0 Å². The third-order valence-electron chi connectivity index (χ3n) is 9.56. The van der Waals surface area contributed by atoms with Crippen molar-refractivity contribution in [2.75, 3.05) is 0 Å². The zero-order valence-electron chi connectivity index (χ0n) is 32.8. The van der Waals surface area contributed by atoms with E-state index in [0.29, 0.717) is 34.7 Å². The van der Waals surface area contributed by atoms with Crippen LogP contribution < -0.4 is 10.2 Å². The maximum Gasteiger partial charge on any atom is 2.00 e. The third-order valence-corrected chi connectivity index (χ3v) is 9.56. The zero-order valence-corrected chi connectivity index (χ0v) is 33.9. The molecule has 0 amide bonds. The van der Waals surface area contributed by atoms with Crippen molar-refractivity contribution in [1.82, 2.24) is 0 Å². The Morgan fingerprint density at radius 2 is 0.906 bits per heavy atom. The Bertz CT molecular complexity index is 1730. The first-order valence-electron chi connectivity index (χ1n) is 18.3. The minimum Gasteiger partial charge on any atom is -0.550 e. The largest absolute Gasteiger partial charge is 2.00 e. The number of phenols is 2. The molecule has 0 spiro atoms. The molecule has 287 valence electrons. The Morgan fingerprint density at radius 3 is 1.19 bits per heavy atom. The Labute approximate surface area is 326 Å². The van der Waals surface area contributed by atoms with Gasteiger partial charge in [0, 0.05) is 35.5 Å². The number of nitrogens with zero attached hydrogens (tertiary/aromatic N) is 2. The first kappa shape index (κ1) is 46.5. The van der Waals surface area contributed by atoms with Gasteiger partial charge in [-0.15, -0.1) is 0 Å². The monoisotopic (exact) mass is 767 g/mol. The Hall–Kier alpha value is -4.47. The first-order valence-corrected chi connectivity index (χ1v) is 18.3. The number of carboxylic acid groups (broad SMARTS) is 2. The number of hydrogen-bond donors (Lipinski definition) is 2. The van der Waals surface area contributed by atoms with E-state index >= 15 is 0 Å². The summed E-state index contributed by atoms with van der Waals surface area (Å²) in [5, 5.41) is 42.5. The predicted molar refractivity (Wildman–Crippen MR) is 211 cm³/mol. The molecule has 0 aliphatic heterocycles. The molecule has 0 aliphatic carbocycles. The smallest absolute Gasteiger partial charge is 0.550 e. The number of aromatic hydroxyl groups is 2. The molecule has 4 unspecified atom stereocenters. The topological polar surface area (TPSA) is 145 Å². The average molecular weight is 768 g/mol. The summed E-state index contributed by atoms with van der Waals surface area (Å²) in [6, 6.07) is 20.7. The summed E-state index contributed by atoms with van der Waals surface area (Å²) in [6.45, 7) is 19.4. The molecule has 8 nitrogen and oxygen atoms in total. The molecule has 53 heavy (non-hydrogen) atoms. The number of carbonyl (C=O) groups is 2. The SMILES string of the molecule is CC(=O)[O-].CC(=O)[O-].CCC(C)c1cc(C=Nc2cc3ccccc3cc2N=Cc2cc(C(C)CC)cc(C(C)CC)c2O)c(O)c(C(C)CC)c1.[Co+2]. The molecule has 4 rings (SSSR count). The molecule has 0 aromatic heterocycles. The van der Waals surface area contributed by atoms with Crippen molar-refractivity contribution in [3.05, 3.63) is 94.0 Å². The molecular weight excluding hydrogens is 711 g/mol. The van der Waals surface area contributed by atoms with Gasteiger partial charge in [-0.3, -0.25) is 9.98 Å². The van der Waals surface area contributed by atoms with Crippen LogP contribution >= 0.6 is 0 Å². The Kier molecular flexibility index (Phi) is 19.8. The van der Waals surface area contributed by atoms with E-state index in [4.69, 9.17) is 29.8 Å². The van der Waals surface area contributed by atoms with Crippen molar-refractivity contribution >= 4 is 46.5 Å². The van der Waals surface area contributed by atoms with Gasteiger partial charge in [-0.1, -0.05) is 91.8 Å². The van der Waals surface area contributed by atoms with E-state index in [9.17, 15) is 10.2 Å². The Morgan fingerprint density at radius 1 is 0.604 bits per heavy atom. The van der Waals surface area contributed by atoms with Gasteiger partial charge in [0.2, 0.25) is 0 Å². The molecule has 4 atom stereocenters. The van der Waals surface area contributed by atoms with Gasteiger partial charge in [0.15, 0.2) is 0 Å². The standard InChI is InChI=1S/C40H50N2O2.2C2H4O2.Co/c1-9-25(5)31-17-33(39(43)35(19-31)27(7)11-3)23-41-37-21-29-15-13-14-16-30(29)22-38(37)42-24-34-18-32(26(6)10-2)20-36(40(34)44)28(8)12-4;2*1-2(3)4;/h13-28,43-44H,9-12H2,1-8H3;2*1H3,(H,3,4);/q;;;+2/p-2. The second-order valence-electron chi connectivity index (χ2n) is 13.5. The number of fused-ring (bicyclic) bond motifs is 1. The number of aliphatic imine (C=N–C) groups is 2. The number of hydrogen-bond acceptors (Lipinski definition) is 8. The van der Waals surface area contributed by atoms with Gasteiger partial charge in [-0.05, 0) is 120 Å². The fourth-order valence-electron chi connectivity index (χ4n) is 5.54. The van der Waals surface area contributed by atoms with Crippen LogP contribution in [0, 0.1) is 0 Å². The van der Waals surface area contributed by atoms with E-state index < -0.39 is 11.9 Å². The van der Waals surface area contributed by atoms with Crippen LogP contribution in [-0.4, -0.2) is 34.6 Å². The van der Waals surface area contributed by atoms with Gasteiger partial charge in [-0.25, -0.2) is 0 Å². The molecular formula is C44H56CoN2O6. The van der Waals surface area contributed by atoms with E-state index in [1.165, 1.54) is 11.1 Å². The molecule has 0 fully saturated rings. The van der Waals surface area contributed by atoms with Crippen molar-refractivity contribution in [3.63, 3.8) is 0 Å². The van der Waals surface area contributed by atoms with Crippen LogP contribution in [0.1, 0.15) is 152 Å². The molecule has 0 saturated carbocycles. The fraction of sp³-hybridized carbons (Fsp3) is 0.409. The van der Waals surface area contributed by atoms with Crippen molar-refractivity contribution in [3.8, 4) is 11.5 Å². The van der Waals surface area contributed by atoms with Crippen LogP contribution in [0.15, 0.2) is 70.6 Å². The number of aliphatic carboxylic acids is 2. The predicted octanol–water partition coefficient (Wildman–Crippen LogP) is 9.32. The van der Waals surface area contributed by atoms with Gasteiger partial charge in [0.1, 0.15) is 11.5 Å². The molecule has 0 bridgehead atoms. The molecule has 0 heterocycles. The quantitative estimate of drug-likeness (QED) is 0.138. The number of benzene rings is 4. The van der Waals surface area contributed by atoms with Gasteiger partial charge in [-0.2, -0.15) is 0 Å². The van der Waals surface area contributed by atoms with E-state index in [-0.39, 0.29) is 28.6 Å². The van der Waals surface area contributed by atoms with Crippen LogP contribution in [0.3, 0.4) is 0 Å². The number of phenolic OH excluding ortho intramolecular Hbond substituents is 2. The van der Waals surface area contributed by atoms with Crippen LogP contribution in [0.4, 0.5) is 11.4 Å². The number of rotatable bonds is 12. The molecule has 1 radical (unpaired) electrons. The molecule has 0 aliphatic rings. The molecule has 4 aromatic rings. The summed E-state index contributed by atoms with van der Waals surface area (Å²) in [6.07, 6.45) is 7.49. The summed E-state index contributed by atoms with van der Waals surface area (Å²) >= 11 is 0. The minimum absolute atomic E-state index is 0.